The molecule has 2 unspecified atom stereocenters. The molecule has 2 amide bonds. The fourth-order valence-corrected chi connectivity index (χ4v) is 3.66. The average Bonchev–Trinajstić information content (AvgIpc) is 2.63. The van der Waals surface area contributed by atoms with Crippen LogP contribution in [0.1, 0.15) is 36.5 Å². The molecule has 0 aliphatic carbocycles. The van der Waals surface area contributed by atoms with E-state index in [2.05, 4.69) is 17.6 Å². The van der Waals surface area contributed by atoms with Gasteiger partial charge in [0.1, 0.15) is 11.6 Å². The van der Waals surface area contributed by atoms with E-state index in [9.17, 15) is 18.4 Å². The van der Waals surface area contributed by atoms with E-state index in [1.54, 1.807) is 0 Å². The highest BCUT2D eigenvalue weighted by Gasteiger charge is 2.31. The Kier molecular flexibility index (Phi) is 7.56. The highest BCUT2D eigenvalue weighted by atomic mass is 35.5. The number of amides is 2. The van der Waals surface area contributed by atoms with Crippen molar-refractivity contribution in [1.82, 2.24) is 15.5 Å². The van der Waals surface area contributed by atoms with Crippen molar-refractivity contribution in [3.8, 4) is 0 Å². The fraction of sp³-hybridized carbons (Fsp3) is 0.579. The molecule has 2 fully saturated rings. The highest BCUT2D eigenvalue weighted by Crippen LogP contribution is 2.21. The number of benzene rings is 1. The molecule has 5 nitrogen and oxygen atoms in total. The molecule has 1 aromatic rings. The van der Waals surface area contributed by atoms with Crippen LogP contribution in [0.15, 0.2) is 18.2 Å². The maximum Gasteiger partial charge on any atom is 0.256 e. The van der Waals surface area contributed by atoms with Gasteiger partial charge in [0.25, 0.3) is 5.91 Å². The van der Waals surface area contributed by atoms with Crippen molar-refractivity contribution in [3.63, 3.8) is 0 Å². The normalized spacial score (nSPS) is 23.4. The second-order valence-corrected chi connectivity index (χ2v) is 7.28. The van der Waals surface area contributed by atoms with Crippen LogP contribution in [-0.4, -0.2) is 48.9 Å². The first-order valence-electron chi connectivity index (χ1n) is 9.21. The molecule has 0 spiro atoms. The van der Waals surface area contributed by atoms with Crippen LogP contribution in [0.5, 0.6) is 0 Å². The number of nitrogens with zero attached hydrogens (tertiary/aromatic N) is 1. The van der Waals surface area contributed by atoms with E-state index in [1.165, 1.54) is 11.0 Å². The molecule has 2 saturated heterocycles. The predicted octanol–water partition coefficient (Wildman–Crippen LogP) is 2.35. The lowest BCUT2D eigenvalue weighted by Gasteiger charge is -2.34. The Morgan fingerprint density at radius 1 is 1.19 bits per heavy atom. The third kappa shape index (κ3) is 5.17. The second kappa shape index (κ2) is 9.46. The Labute approximate surface area is 164 Å². The van der Waals surface area contributed by atoms with Gasteiger partial charge in [0.05, 0.1) is 5.56 Å². The van der Waals surface area contributed by atoms with Gasteiger partial charge in [0.15, 0.2) is 0 Å². The highest BCUT2D eigenvalue weighted by molar-refractivity contribution is 5.94. The summed E-state index contributed by atoms with van der Waals surface area (Å²) in [4.78, 5) is 26.5. The van der Waals surface area contributed by atoms with Crippen molar-refractivity contribution < 1.29 is 18.4 Å². The number of hydrogen-bond donors (Lipinski definition) is 2. The zero-order valence-corrected chi connectivity index (χ0v) is 16.2. The van der Waals surface area contributed by atoms with Crippen LogP contribution in [0.2, 0.25) is 0 Å². The Hall–Kier alpha value is -1.73. The van der Waals surface area contributed by atoms with Gasteiger partial charge in [0, 0.05) is 37.7 Å². The van der Waals surface area contributed by atoms with Crippen LogP contribution < -0.4 is 10.6 Å². The van der Waals surface area contributed by atoms with Crippen molar-refractivity contribution in [2.75, 3.05) is 26.2 Å². The van der Waals surface area contributed by atoms with Crippen LogP contribution in [0, 0.1) is 23.5 Å². The summed E-state index contributed by atoms with van der Waals surface area (Å²) in [6.07, 6.45) is 2.14. The summed E-state index contributed by atoms with van der Waals surface area (Å²) < 4.78 is 26.8. The second-order valence-electron chi connectivity index (χ2n) is 7.28. The summed E-state index contributed by atoms with van der Waals surface area (Å²) >= 11 is 0. The monoisotopic (exact) mass is 401 g/mol. The van der Waals surface area contributed by atoms with Crippen LogP contribution in [0.4, 0.5) is 8.78 Å². The van der Waals surface area contributed by atoms with Gasteiger partial charge in [-0.15, -0.1) is 12.4 Å². The van der Waals surface area contributed by atoms with E-state index in [0.29, 0.717) is 37.9 Å². The number of hydrogen-bond acceptors (Lipinski definition) is 3. The zero-order chi connectivity index (χ0) is 18.7. The third-order valence-electron chi connectivity index (χ3n) is 5.47. The lowest BCUT2D eigenvalue weighted by molar-refractivity contribution is -0.127. The molecule has 0 bridgehead atoms. The lowest BCUT2D eigenvalue weighted by atomic mass is 9.91. The van der Waals surface area contributed by atoms with Gasteiger partial charge < -0.3 is 15.5 Å². The minimum absolute atomic E-state index is 0. The van der Waals surface area contributed by atoms with Crippen molar-refractivity contribution in [2.24, 2.45) is 11.8 Å². The molecule has 0 saturated carbocycles. The third-order valence-corrected chi connectivity index (χ3v) is 5.47. The van der Waals surface area contributed by atoms with Crippen molar-refractivity contribution in [1.29, 1.82) is 0 Å². The number of nitrogens with one attached hydrogen (secondary N) is 2. The Morgan fingerprint density at radius 3 is 2.52 bits per heavy atom. The number of carbonyl (C=O) groups is 2. The van der Waals surface area contributed by atoms with Gasteiger partial charge in [-0.1, -0.05) is 6.92 Å². The molecular weight excluding hydrogens is 376 g/mol. The molecular formula is C19H26ClF2N3O2. The van der Waals surface area contributed by atoms with Gasteiger partial charge in [-0.05, 0) is 43.9 Å². The molecule has 8 heteroatoms. The zero-order valence-electron chi connectivity index (χ0n) is 15.3. The Bertz CT molecular complexity index is 681. The molecule has 0 radical (unpaired) electrons. The smallest absolute Gasteiger partial charge is 0.256 e. The molecule has 3 rings (SSSR count). The van der Waals surface area contributed by atoms with Gasteiger partial charge in [-0.2, -0.15) is 0 Å². The molecule has 1 aromatic carbocycles. The topological polar surface area (TPSA) is 61.4 Å². The summed E-state index contributed by atoms with van der Waals surface area (Å²) in [5.41, 5.74) is -0.128. The predicted molar refractivity (Wildman–Crippen MR) is 101 cm³/mol. The summed E-state index contributed by atoms with van der Waals surface area (Å²) in [5, 5.41) is 6.42. The van der Waals surface area contributed by atoms with Gasteiger partial charge in [-0.25, -0.2) is 8.78 Å². The van der Waals surface area contributed by atoms with Crippen LogP contribution in [-0.2, 0) is 4.79 Å². The van der Waals surface area contributed by atoms with Crippen LogP contribution in [0.25, 0.3) is 0 Å². The molecule has 27 heavy (non-hydrogen) atoms. The van der Waals surface area contributed by atoms with Gasteiger partial charge in [0.2, 0.25) is 5.91 Å². The average molecular weight is 402 g/mol. The molecule has 0 aromatic heterocycles. The summed E-state index contributed by atoms with van der Waals surface area (Å²) in [5.74, 6) is -1.67. The first-order chi connectivity index (χ1) is 12.5. The van der Waals surface area contributed by atoms with E-state index < -0.39 is 17.5 Å². The van der Waals surface area contributed by atoms with E-state index in [4.69, 9.17) is 0 Å². The molecule has 150 valence electrons. The lowest BCUT2D eigenvalue weighted by Crippen LogP contribution is -2.52. The van der Waals surface area contributed by atoms with Gasteiger partial charge >= 0.3 is 0 Å². The van der Waals surface area contributed by atoms with E-state index in [0.717, 1.165) is 25.6 Å². The quantitative estimate of drug-likeness (QED) is 0.817. The Balaban J connectivity index is 0.00000261. The Morgan fingerprint density at radius 2 is 1.89 bits per heavy atom. The van der Waals surface area contributed by atoms with Crippen molar-refractivity contribution >= 4 is 24.2 Å². The number of piperidine rings is 2. The first kappa shape index (κ1) is 21.6. The number of likely N-dealkylation sites (tertiary alicyclic amines) is 1. The molecule has 2 aliphatic rings. The maximum atomic E-state index is 13.8. The molecule has 2 heterocycles. The van der Waals surface area contributed by atoms with E-state index >= 15 is 0 Å². The van der Waals surface area contributed by atoms with E-state index in [-0.39, 0.29) is 35.8 Å². The summed E-state index contributed by atoms with van der Waals surface area (Å²) in [6, 6.07) is 3.11. The maximum absolute atomic E-state index is 13.8. The molecule has 2 aliphatic heterocycles. The summed E-state index contributed by atoms with van der Waals surface area (Å²) in [7, 11) is 0. The van der Waals surface area contributed by atoms with Crippen molar-refractivity contribution in [2.45, 2.75) is 32.2 Å². The minimum Gasteiger partial charge on any atom is -0.352 e. The SMILES string of the molecule is CC1CCNCC1NC(=O)C1CCN(C(=O)c2ccc(F)cc2F)CC1.Cl. The van der Waals surface area contributed by atoms with Crippen LogP contribution >= 0.6 is 12.4 Å². The molecule has 2 atom stereocenters. The largest absolute Gasteiger partial charge is 0.352 e. The standard InChI is InChI=1S/C19H25F2N3O2.ClH/c1-12-4-7-22-11-17(12)23-18(25)13-5-8-24(9-6-13)19(26)15-3-2-14(20)10-16(15)21;/h2-3,10,12-13,17,22H,4-9,11H2,1H3,(H,23,25);1H. The van der Waals surface area contributed by atoms with Gasteiger partial charge in [-0.3, -0.25) is 9.59 Å². The number of halogens is 3. The molecule has 2 N–H and O–H groups in total. The fourth-order valence-electron chi connectivity index (χ4n) is 3.66. The van der Waals surface area contributed by atoms with E-state index in [1.807, 2.05) is 0 Å². The van der Waals surface area contributed by atoms with Crippen molar-refractivity contribution in [3.05, 3.63) is 35.4 Å². The number of carbonyl (C=O) groups excluding carboxylic acids is 2. The summed E-state index contributed by atoms with van der Waals surface area (Å²) in [6.45, 7) is 4.70. The number of rotatable bonds is 3. The van der Waals surface area contributed by atoms with Crippen LogP contribution in [0.3, 0.4) is 0 Å². The first-order valence-corrected chi connectivity index (χ1v) is 9.21. The minimum atomic E-state index is -0.853.